The quantitative estimate of drug-likeness (QED) is 0.479. The van der Waals surface area contributed by atoms with Crippen molar-refractivity contribution in [2.24, 2.45) is 0 Å². The SMILES string of the molecule is Cc1cc(-n2c(C)cc(C(=O)OCc3cc(-c4ccccc4)no3)c2C)no1. The van der Waals surface area contributed by atoms with Crippen LogP contribution in [0, 0.1) is 20.8 Å². The van der Waals surface area contributed by atoms with E-state index in [4.69, 9.17) is 13.8 Å². The molecule has 0 aliphatic carbocycles. The van der Waals surface area contributed by atoms with E-state index in [2.05, 4.69) is 10.3 Å². The summed E-state index contributed by atoms with van der Waals surface area (Å²) in [6.45, 7) is 5.57. The van der Waals surface area contributed by atoms with Gasteiger partial charge in [0, 0.05) is 29.1 Å². The molecule has 0 amide bonds. The molecule has 0 N–H and O–H groups in total. The molecule has 0 unspecified atom stereocenters. The van der Waals surface area contributed by atoms with Crippen molar-refractivity contribution in [3.8, 4) is 17.1 Å². The van der Waals surface area contributed by atoms with Crippen molar-refractivity contribution in [1.29, 1.82) is 0 Å². The first-order chi connectivity index (χ1) is 13.5. The number of ether oxygens (including phenoxy) is 1. The van der Waals surface area contributed by atoms with Crippen molar-refractivity contribution in [2.45, 2.75) is 27.4 Å². The Labute approximate surface area is 161 Å². The van der Waals surface area contributed by atoms with E-state index in [1.165, 1.54) is 0 Å². The van der Waals surface area contributed by atoms with E-state index in [-0.39, 0.29) is 6.61 Å². The van der Waals surface area contributed by atoms with Gasteiger partial charge in [-0.1, -0.05) is 40.6 Å². The second-order valence-corrected chi connectivity index (χ2v) is 6.54. The fourth-order valence-electron chi connectivity index (χ4n) is 3.12. The highest BCUT2D eigenvalue weighted by molar-refractivity contribution is 5.91. The molecule has 3 aromatic heterocycles. The Bertz CT molecular complexity index is 1120. The summed E-state index contributed by atoms with van der Waals surface area (Å²) in [7, 11) is 0. The number of aryl methyl sites for hydroxylation is 2. The number of esters is 1. The fourth-order valence-corrected chi connectivity index (χ4v) is 3.12. The van der Waals surface area contributed by atoms with Gasteiger partial charge in [-0.2, -0.15) is 0 Å². The van der Waals surface area contributed by atoms with Crippen molar-refractivity contribution in [3.63, 3.8) is 0 Å². The normalized spacial score (nSPS) is 11.0. The molecule has 0 radical (unpaired) electrons. The molecule has 0 aliphatic rings. The first-order valence-corrected chi connectivity index (χ1v) is 8.83. The molecule has 0 atom stereocenters. The van der Waals surface area contributed by atoms with E-state index in [1.807, 2.05) is 61.7 Å². The van der Waals surface area contributed by atoms with Gasteiger partial charge in [-0.05, 0) is 26.8 Å². The summed E-state index contributed by atoms with van der Waals surface area (Å²) < 4.78 is 17.7. The minimum atomic E-state index is -0.433. The highest BCUT2D eigenvalue weighted by Crippen LogP contribution is 2.23. The molecule has 7 nitrogen and oxygen atoms in total. The van der Waals surface area contributed by atoms with Gasteiger partial charge in [0.2, 0.25) is 0 Å². The van der Waals surface area contributed by atoms with Crippen LogP contribution >= 0.6 is 0 Å². The van der Waals surface area contributed by atoms with Crippen molar-refractivity contribution >= 4 is 5.97 Å². The molecule has 0 saturated heterocycles. The van der Waals surface area contributed by atoms with Gasteiger partial charge in [0.15, 0.2) is 18.2 Å². The number of carbonyl (C=O) groups excluding carboxylic acids is 1. The monoisotopic (exact) mass is 377 g/mol. The summed E-state index contributed by atoms with van der Waals surface area (Å²) >= 11 is 0. The highest BCUT2D eigenvalue weighted by atomic mass is 16.5. The average Bonchev–Trinajstić information content (AvgIpc) is 3.40. The maximum absolute atomic E-state index is 12.6. The van der Waals surface area contributed by atoms with E-state index in [0.717, 1.165) is 17.0 Å². The molecular formula is C21H19N3O4. The van der Waals surface area contributed by atoms with Crippen LogP contribution in [0.3, 0.4) is 0 Å². The third kappa shape index (κ3) is 3.34. The van der Waals surface area contributed by atoms with Crippen LogP contribution in [0.25, 0.3) is 17.1 Å². The van der Waals surface area contributed by atoms with Crippen LogP contribution in [0.1, 0.15) is 33.3 Å². The number of rotatable bonds is 5. The van der Waals surface area contributed by atoms with Crippen molar-refractivity contribution < 1.29 is 18.6 Å². The first-order valence-electron chi connectivity index (χ1n) is 8.83. The minimum absolute atomic E-state index is 0.00536. The standard InChI is InChI=1S/C21H19N3O4/c1-13-9-18(15(3)24(13)20-10-14(2)27-23-20)21(25)26-12-17-11-19(22-28-17)16-7-5-4-6-8-16/h4-11H,12H2,1-3H3. The van der Waals surface area contributed by atoms with Gasteiger partial charge >= 0.3 is 5.97 Å². The van der Waals surface area contributed by atoms with Crippen LogP contribution in [0.5, 0.6) is 0 Å². The lowest BCUT2D eigenvalue weighted by Crippen LogP contribution is -2.07. The number of carbonyl (C=O) groups is 1. The lowest BCUT2D eigenvalue weighted by molar-refractivity contribution is 0.0436. The van der Waals surface area contributed by atoms with Gasteiger partial charge < -0.3 is 13.8 Å². The maximum atomic E-state index is 12.6. The second kappa shape index (κ2) is 7.19. The summed E-state index contributed by atoms with van der Waals surface area (Å²) in [4.78, 5) is 12.6. The molecule has 142 valence electrons. The molecule has 0 spiro atoms. The molecular weight excluding hydrogens is 358 g/mol. The number of nitrogens with zero attached hydrogens (tertiary/aromatic N) is 3. The first kappa shape index (κ1) is 17.8. The predicted octanol–water partition coefficient (Wildman–Crippen LogP) is 4.40. The predicted molar refractivity (Wildman–Crippen MR) is 101 cm³/mol. The minimum Gasteiger partial charge on any atom is -0.454 e. The number of aromatic nitrogens is 3. The van der Waals surface area contributed by atoms with Gasteiger partial charge in [-0.15, -0.1) is 0 Å². The Morgan fingerprint density at radius 2 is 1.82 bits per heavy atom. The lowest BCUT2D eigenvalue weighted by Gasteiger charge is -2.05. The number of hydrogen-bond donors (Lipinski definition) is 0. The van der Waals surface area contributed by atoms with Crippen LogP contribution in [0.15, 0.2) is 57.6 Å². The largest absolute Gasteiger partial charge is 0.454 e. The van der Waals surface area contributed by atoms with Gasteiger partial charge in [-0.25, -0.2) is 4.79 Å². The smallest absolute Gasteiger partial charge is 0.340 e. The zero-order valence-electron chi connectivity index (χ0n) is 15.8. The summed E-state index contributed by atoms with van der Waals surface area (Å²) in [5.41, 5.74) is 3.71. The third-order valence-electron chi connectivity index (χ3n) is 4.47. The summed E-state index contributed by atoms with van der Waals surface area (Å²) in [6, 6.07) is 15.0. The molecule has 7 heteroatoms. The van der Waals surface area contributed by atoms with Gasteiger partial charge in [-0.3, -0.25) is 4.57 Å². The van der Waals surface area contributed by atoms with E-state index in [9.17, 15) is 4.79 Å². The van der Waals surface area contributed by atoms with Crippen LogP contribution in [0.2, 0.25) is 0 Å². The molecule has 0 fully saturated rings. The molecule has 0 saturated carbocycles. The van der Waals surface area contributed by atoms with E-state index in [0.29, 0.717) is 28.6 Å². The van der Waals surface area contributed by atoms with E-state index < -0.39 is 5.97 Å². The Balaban J connectivity index is 1.48. The van der Waals surface area contributed by atoms with Crippen LogP contribution in [-0.2, 0) is 11.3 Å². The van der Waals surface area contributed by atoms with Crippen LogP contribution < -0.4 is 0 Å². The molecule has 4 aromatic rings. The summed E-state index contributed by atoms with van der Waals surface area (Å²) in [5, 5.41) is 8.04. The molecule has 1 aromatic carbocycles. The molecule has 4 rings (SSSR count). The molecule has 0 aliphatic heterocycles. The Morgan fingerprint density at radius 3 is 2.54 bits per heavy atom. The van der Waals surface area contributed by atoms with Crippen LogP contribution in [0.4, 0.5) is 0 Å². The third-order valence-corrected chi connectivity index (χ3v) is 4.47. The van der Waals surface area contributed by atoms with Crippen LogP contribution in [-0.4, -0.2) is 20.8 Å². The maximum Gasteiger partial charge on any atom is 0.340 e. The zero-order chi connectivity index (χ0) is 19.7. The zero-order valence-corrected chi connectivity index (χ0v) is 15.8. The molecule has 28 heavy (non-hydrogen) atoms. The Hall–Kier alpha value is -3.61. The average molecular weight is 377 g/mol. The lowest BCUT2D eigenvalue weighted by atomic mass is 10.1. The number of benzene rings is 1. The van der Waals surface area contributed by atoms with E-state index in [1.54, 1.807) is 12.1 Å². The Morgan fingerprint density at radius 1 is 1.04 bits per heavy atom. The number of hydrogen-bond acceptors (Lipinski definition) is 6. The van der Waals surface area contributed by atoms with E-state index >= 15 is 0 Å². The van der Waals surface area contributed by atoms with Gasteiger partial charge in [0.05, 0.1) is 5.56 Å². The summed E-state index contributed by atoms with van der Waals surface area (Å²) in [6.07, 6.45) is 0. The molecule has 3 heterocycles. The van der Waals surface area contributed by atoms with Gasteiger partial charge in [0.25, 0.3) is 0 Å². The van der Waals surface area contributed by atoms with Crippen molar-refractivity contribution in [1.82, 2.24) is 14.9 Å². The molecule has 0 bridgehead atoms. The fraction of sp³-hybridized carbons (Fsp3) is 0.190. The highest BCUT2D eigenvalue weighted by Gasteiger charge is 2.20. The Kier molecular flexibility index (Phi) is 4.57. The summed E-state index contributed by atoms with van der Waals surface area (Å²) in [5.74, 6) is 1.38. The van der Waals surface area contributed by atoms with Crippen molar-refractivity contribution in [3.05, 3.63) is 77.0 Å². The van der Waals surface area contributed by atoms with Crippen molar-refractivity contribution in [2.75, 3.05) is 0 Å². The van der Waals surface area contributed by atoms with Gasteiger partial charge in [0.1, 0.15) is 11.5 Å². The second-order valence-electron chi connectivity index (χ2n) is 6.54. The topological polar surface area (TPSA) is 83.3 Å².